The minimum absolute atomic E-state index is 0.0493. The zero-order chi connectivity index (χ0) is 24.6. The first-order valence-corrected chi connectivity index (χ1v) is 11.7. The molecule has 4 rings (SSSR count). The van der Waals surface area contributed by atoms with Crippen molar-refractivity contribution in [1.82, 2.24) is 20.2 Å². The van der Waals surface area contributed by atoms with Crippen molar-refractivity contribution in [3.05, 3.63) is 57.6 Å². The lowest BCUT2D eigenvalue weighted by Gasteiger charge is -2.40. The summed E-state index contributed by atoms with van der Waals surface area (Å²) in [7, 11) is 0. The molecule has 1 amide bonds. The molecule has 2 aromatic carbocycles. The molecule has 0 radical (unpaired) electrons. The first-order valence-electron chi connectivity index (χ1n) is 11.3. The standard InChI is InChI=1S/C25H29ClFN5O2/c1-15(2)29-22(33)13-32-23(16-5-7-20(27)19(26)11-16)30-21-8-6-17(12-18(21)24(32)34)31-10-9-28-25(3,4)14-31/h5-8,11-12,15,28H,9-10,13-14H2,1-4H3,(H,29,33). The van der Waals surface area contributed by atoms with Crippen LogP contribution in [-0.2, 0) is 11.3 Å². The van der Waals surface area contributed by atoms with E-state index in [9.17, 15) is 14.0 Å². The fraction of sp³-hybridized carbons (Fsp3) is 0.400. The molecule has 1 fully saturated rings. The summed E-state index contributed by atoms with van der Waals surface area (Å²) in [6, 6.07) is 9.66. The van der Waals surface area contributed by atoms with E-state index >= 15 is 0 Å². The smallest absolute Gasteiger partial charge is 0.262 e. The van der Waals surface area contributed by atoms with Crippen LogP contribution >= 0.6 is 11.6 Å². The first-order chi connectivity index (χ1) is 16.0. The van der Waals surface area contributed by atoms with E-state index in [0.717, 1.165) is 25.3 Å². The molecule has 1 aromatic heterocycles. The molecule has 7 nitrogen and oxygen atoms in total. The van der Waals surface area contributed by atoms with E-state index in [1.807, 2.05) is 32.0 Å². The summed E-state index contributed by atoms with van der Waals surface area (Å²) in [6.07, 6.45) is 0. The van der Waals surface area contributed by atoms with Crippen LogP contribution in [0.5, 0.6) is 0 Å². The van der Waals surface area contributed by atoms with Gasteiger partial charge in [0.25, 0.3) is 5.56 Å². The third-order valence-electron chi connectivity index (χ3n) is 5.80. The number of rotatable bonds is 5. The second kappa shape index (κ2) is 9.35. The Labute approximate surface area is 202 Å². The predicted octanol–water partition coefficient (Wildman–Crippen LogP) is 3.57. The minimum Gasteiger partial charge on any atom is -0.368 e. The van der Waals surface area contributed by atoms with Gasteiger partial charge in [0.2, 0.25) is 5.91 Å². The highest BCUT2D eigenvalue weighted by molar-refractivity contribution is 6.31. The molecule has 0 atom stereocenters. The lowest BCUT2D eigenvalue weighted by atomic mass is 10.0. The Kier molecular flexibility index (Phi) is 6.64. The van der Waals surface area contributed by atoms with Gasteiger partial charge in [-0.1, -0.05) is 11.6 Å². The van der Waals surface area contributed by atoms with Crippen LogP contribution < -0.4 is 21.1 Å². The molecular weight excluding hydrogens is 457 g/mol. The van der Waals surface area contributed by atoms with E-state index < -0.39 is 5.82 Å². The SMILES string of the molecule is CC(C)NC(=O)Cn1c(-c2ccc(F)c(Cl)c2)nc2ccc(N3CCNC(C)(C)C3)cc2c1=O. The molecule has 0 saturated carbocycles. The highest BCUT2D eigenvalue weighted by atomic mass is 35.5. The van der Waals surface area contributed by atoms with Gasteiger partial charge < -0.3 is 15.5 Å². The van der Waals surface area contributed by atoms with Crippen LogP contribution in [0.25, 0.3) is 22.3 Å². The van der Waals surface area contributed by atoms with Gasteiger partial charge >= 0.3 is 0 Å². The quantitative estimate of drug-likeness (QED) is 0.577. The maximum absolute atomic E-state index is 13.8. The van der Waals surface area contributed by atoms with Crippen LogP contribution in [0, 0.1) is 5.82 Å². The van der Waals surface area contributed by atoms with E-state index in [1.54, 1.807) is 0 Å². The Hall–Kier alpha value is -2.97. The Bertz CT molecular complexity index is 1300. The highest BCUT2D eigenvalue weighted by Crippen LogP contribution is 2.27. The molecule has 34 heavy (non-hydrogen) atoms. The topological polar surface area (TPSA) is 79.3 Å². The van der Waals surface area contributed by atoms with Crippen LogP contribution in [0.4, 0.5) is 10.1 Å². The molecule has 180 valence electrons. The van der Waals surface area contributed by atoms with Crippen LogP contribution in [0.2, 0.25) is 5.02 Å². The van der Waals surface area contributed by atoms with Crippen molar-refractivity contribution < 1.29 is 9.18 Å². The Morgan fingerprint density at radius 3 is 2.71 bits per heavy atom. The Balaban J connectivity index is 1.85. The normalized spacial score (nSPS) is 15.7. The van der Waals surface area contributed by atoms with E-state index in [-0.39, 0.29) is 40.4 Å². The largest absolute Gasteiger partial charge is 0.368 e. The number of amides is 1. The van der Waals surface area contributed by atoms with E-state index in [1.165, 1.54) is 22.8 Å². The number of carbonyl (C=O) groups is 1. The summed E-state index contributed by atoms with van der Waals surface area (Å²) in [5.41, 5.74) is 1.49. The number of hydrogen-bond acceptors (Lipinski definition) is 5. The zero-order valence-corrected chi connectivity index (χ0v) is 20.5. The van der Waals surface area contributed by atoms with Gasteiger partial charge in [0.15, 0.2) is 0 Å². The van der Waals surface area contributed by atoms with Crippen LogP contribution in [0.3, 0.4) is 0 Å². The first kappa shape index (κ1) is 24.2. The van der Waals surface area contributed by atoms with Gasteiger partial charge in [-0.15, -0.1) is 0 Å². The van der Waals surface area contributed by atoms with E-state index in [0.29, 0.717) is 16.5 Å². The van der Waals surface area contributed by atoms with Gasteiger partial charge in [-0.2, -0.15) is 0 Å². The van der Waals surface area contributed by atoms with Crippen molar-refractivity contribution in [2.75, 3.05) is 24.5 Å². The van der Waals surface area contributed by atoms with Crippen LogP contribution in [-0.4, -0.2) is 46.7 Å². The number of anilines is 1. The fourth-order valence-electron chi connectivity index (χ4n) is 4.28. The van der Waals surface area contributed by atoms with E-state index in [2.05, 4.69) is 29.4 Å². The summed E-state index contributed by atoms with van der Waals surface area (Å²) >= 11 is 6.00. The maximum Gasteiger partial charge on any atom is 0.262 e. The average Bonchev–Trinajstić information content (AvgIpc) is 2.76. The number of hydrogen-bond donors (Lipinski definition) is 2. The van der Waals surface area contributed by atoms with Crippen molar-refractivity contribution in [3.63, 3.8) is 0 Å². The highest BCUT2D eigenvalue weighted by Gasteiger charge is 2.26. The number of carbonyl (C=O) groups excluding carboxylic acids is 1. The third-order valence-corrected chi connectivity index (χ3v) is 6.09. The molecule has 3 aromatic rings. The summed E-state index contributed by atoms with van der Waals surface area (Å²) in [5.74, 6) is -0.622. The van der Waals surface area contributed by atoms with E-state index in [4.69, 9.17) is 16.6 Å². The van der Waals surface area contributed by atoms with Crippen molar-refractivity contribution in [2.24, 2.45) is 0 Å². The molecule has 2 heterocycles. The lowest BCUT2D eigenvalue weighted by molar-refractivity contribution is -0.122. The minimum atomic E-state index is -0.568. The van der Waals surface area contributed by atoms with Gasteiger partial charge in [0.1, 0.15) is 18.2 Å². The van der Waals surface area contributed by atoms with Gasteiger partial charge in [-0.3, -0.25) is 14.2 Å². The maximum atomic E-state index is 13.8. The molecule has 0 bridgehead atoms. The van der Waals surface area contributed by atoms with Gasteiger partial charge in [-0.05, 0) is 64.1 Å². The van der Waals surface area contributed by atoms with Crippen molar-refractivity contribution >= 4 is 34.1 Å². The second-order valence-corrected chi connectivity index (χ2v) is 10.0. The predicted molar refractivity (Wildman–Crippen MR) is 134 cm³/mol. The zero-order valence-electron chi connectivity index (χ0n) is 19.8. The summed E-state index contributed by atoms with van der Waals surface area (Å²) < 4.78 is 15.1. The summed E-state index contributed by atoms with van der Waals surface area (Å²) in [6.45, 7) is 10.2. The summed E-state index contributed by atoms with van der Waals surface area (Å²) in [5, 5.41) is 6.63. The molecule has 1 saturated heterocycles. The molecule has 1 aliphatic rings. The molecule has 0 aliphatic carbocycles. The number of nitrogens with zero attached hydrogens (tertiary/aromatic N) is 3. The Morgan fingerprint density at radius 1 is 1.26 bits per heavy atom. The molecule has 0 unspecified atom stereocenters. The molecule has 0 spiro atoms. The van der Waals surface area contributed by atoms with Gasteiger partial charge in [0.05, 0.1) is 15.9 Å². The lowest BCUT2D eigenvalue weighted by Crippen LogP contribution is -2.57. The van der Waals surface area contributed by atoms with Crippen LogP contribution in [0.15, 0.2) is 41.2 Å². The fourth-order valence-corrected chi connectivity index (χ4v) is 4.46. The number of piperazine rings is 1. The number of aromatic nitrogens is 2. The molecule has 9 heteroatoms. The number of fused-ring (bicyclic) bond motifs is 1. The monoisotopic (exact) mass is 485 g/mol. The van der Waals surface area contributed by atoms with Crippen LogP contribution in [0.1, 0.15) is 27.7 Å². The number of benzene rings is 2. The van der Waals surface area contributed by atoms with Gasteiger partial charge in [0, 0.05) is 42.5 Å². The summed E-state index contributed by atoms with van der Waals surface area (Å²) in [4.78, 5) is 33.2. The molecule has 2 N–H and O–H groups in total. The Morgan fingerprint density at radius 2 is 2.03 bits per heavy atom. The van der Waals surface area contributed by atoms with Gasteiger partial charge in [-0.25, -0.2) is 9.37 Å². The molecular formula is C25H29ClFN5O2. The van der Waals surface area contributed by atoms with Crippen molar-refractivity contribution in [3.8, 4) is 11.4 Å². The van der Waals surface area contributed by atoms with Crippen molar-refractivity contribution in [1.29, 1.82) is 0 Å². The average molecular weight is 486 g/mol. The second-order valence-electron chi connectivity index (χ2n) is 9.61. The number of halogens is 2. The molecule has 1 aliphatic heterocycles. The van der Waals surface area contributed by atoms with Crippen molar-refractivity contribution in [2.45, 2.75) is 45.8 Å². The number of nitrogens with one attached hydrogen (secondary N) is 2. The third kappa shape index (κ3) is 5.08.